The van der Waals surface area contributed by atoms with Crippen molar-refractivity contribution in [1.82, 2.24) is 4.90 Å². The molecule has 9 heavy (non-hydrogen) atoms. The summed E-state index contributed by atoms with van der Waals surface area (Å²) in [4.78, 5) is 2.11. The van der Waals surface area contributed by atoms with E-state index < -0.39 is 0 Å². The lowest BCUT2D eigenvalue weighted by molar-refractivity contribution is 0.491. The molecular formula is C8H7N. The Morgan fingerprint density at radius 1 is 1.22 bits per heavy atom. The maximum absolute atomic E-state index is 3.17. The van der Waals surface area contributed by atoms with E-state index in [1.807, 2.05) is 30.6 Å². The minimum atomic E-state index is 0.370. The van der Waals surface area contributed by atoms with Gasteiger partial charge < -0.3 is 4.90 Å². The van der Waals surface area contributed by atoms with E-state index in [0.717, 1.165) is 0 Å². The number of hydrogen-bond acceptors (Lipinski definition) is 1. The SMILES string of the molecule is [C]1C=CN2C=CC=CC12. The molecule has 0 saturated carbocycles. The van der Waals surface area contributed by atoms with Gasteiger partial charge >= 0.3 is 0 Å². The van der Waals surface area contributed by atoms with Crippen molar-refractivity contribution in [3.8, 4) is 0 Å². The van der Waals surface area contributed by atoms with Gasteiger partial charge in [0.05, 0.1) is 6.04 Å². The normalized spacial score (nSPS) is 29.3. The van der Waals surface area contributed by atoms with Crippen molar-refractivity contribution in [3.63, 3.8) is 0 Å². The maximum atomic E-state index is 3.17. The first-order valence-corrected chi connectivity index (χ1v) is 3.02. The summed E-state index contributed by atoms with van der Waals surface area (Å²) in [6.45, 7) is 0. The topological polar surface area (TPSA) is 3.24 Å². The van der Waals surface area contributed by atoms with Crippen molar-refractivity contribution < 1.29 is 0 Å². The van der Waals surface area contributed by atoms with Crippen molar-refractivity contribution in [2.75, 3.05) is 0 Å². The molecule has 1 heteroatoms. The molecule has 0 aliphatic carbocycles. The van der Waals surface area contributed by atoms with Gasteiger partial charge in [0.1, 0.15) is 0 Å². The summed E-state index contributed by atoms with van der Waals surface area (Å²) < 4.78 is 0. The molecule has 1 nitrogen and oxygen atoms in total. The largest absolute Gasteiger partial charge is 0.347 e. The highest BCUT2D eigenvalue weighted by atomic mass is 15.1. The minimum absolute atomic E-state index is 0.370. The zero-order valence-corrected chi connectivity index (χ0v) is 4.99. The highest BCUT2D eigenvalue weighted by molar-refractivity contribution is 5.26. The zero-order valence-electron chi connectivity index (χ0n) is 4.99. The summed E-state index contributed by atoms with van der Waals surface area (Å²) in [6.07, 6.45) is 15.4. The highest BCUT2D eigenvalue weighted by Crippen LogP contribution is 2.17. The summed E-state index contributed by atoms with van der Waals surface area (Å²) in [6, 6.07) is 0.370. The number of rotatable bonds is 0. The van der Waals surface area contributed by atoms with Crippen LogP contribution in [0, 0.1) is 6.42 Å². The lowest BCUT2D eigenvalue weighted by atomic mass is 10.2. The third kappa shape index (κ3) is 0.689. The van der Waals surface area contributed by atoms with Crippen LogP contribution in [0.1, 0.15) is 0 Å². The summed E-state index contributed by atoms with van der Waals surface area (Å²) in [5.74, 6) is 0. The van der Waals surface area contributed by atoms with Crippen LogP contribution in [0.3, 0.4) is 0 Å². The molecule has 0 saturated heterocycles. The predicted molar refractivity (Wildman–Crippen MR) is 36.3 cm³/mol. The molecule has 0 amide bonds. The van der Waals surface area contributed by atoms with Crippen molar-refractivity contribution in [2.24, 2.45) is 0 Å². The Morgan fingerprint density at radius 3 is 3.11 bits per heavy atom. The highest BCUT2D eigenvalue weighted by Gasteiger charge is 2.15. The Balaban J connectivity index is 2.25. The molecule has 2 heterocycles. The van der Waals surface area contributed by atoms with Crippen molar-refractivity contribution >= 4 is 0 Å². The van der Waals surface area contributed by atoms with E-state index >= 15 is 0 Å². The van der Waals surface area contributed by atoms with Gasteiger partial charge in [-0.2, -0.15) is 0 Å². The van der Waals surface area contributed by atoms with E-state index in [9.17, 15) is 0 Å². The predicted octanol–water partition coefficient (Wildman–Crippen LogP) is 1.35. The molecule has 1 unspecified atom stereocenters. The lowest BCUT2D eigenvalue weighted by Crippen LogP contribution is -2.20. The molecule has 0 aromatic rings. The molecule has 2 radical (unpaired) electrons. The van der Waals surface area contributed by atoms with Crippen molar-refractivity contribution in [2.45, 2.75) is 6.04 Å². The van der Waals surface area contributed by atoms with Crippen LogP contribution in [0.5, 0.6) is 0 Å². The molecule has 2 aliphatic rings. The van der Waals surface area contributed by atoms with Crippen LogP contribution in [0.15, 0.2) is 36.7 Å². The second-order valence-electron chi connectivity index (χ2n) is 2.10. The van der Waals surface area contributed by atoms with Gasteiger partial charge in [0.15, 0.2) is 0 Å². The van der Waals surface area contributed by atoms with Gasteiger partial charge in [-0.25, -0.2) is 0 Å². The molecule has 44 valence electrons. The molecule has 0 bridgehead atoms. The first-order valence-electron chi connectivity index (χ1n) is 3.02. The average Bonchev–Trinajstić information content (AvgIpc) is 2.33. The van der Waals surface area contributed by atoms with Crippen LogP contribution in [-0.4, -0.2) is 10.9 Å². The fourth-order valence-electron chi connectivity index (χ4n) is 1.02. The number of fused-ring (bicyclic) bond motifs is 1. The molecule has 0 N–H and O–H groups in total. The van der Waals surface area contributed by atoms with Crippen LogP contribution in [0.25, 0.3) is 0 Å². The standard InChI is InChI=1S/C8H7N/c1-2-6-9-7-3-5-8(9)4-1/h1-4,6-8H. The van der Waals surface area contributed by atoms with E-state index in [-0.39, 0.29) is 0 Å². The molecule has 0 spiro atoms. The van der Waals surface area contributed by atoms with E-state index in [4.69, 9.17) is 0 Å². The first-order chi connectivity index (χ1) is 4.47. The second-order valence-corrected chi connectivity index (χ2v) is 2.10. The minimum Gasteiger partial charge on any atom is -0.347 e. The van der Waals surface area contributed by atoms with Crippen LogP contribution in [-0.2, 0) is 0 Å². The monoisotopic (exact) mass is 117 g/mol. The van der Waals surface area contributed by atoms with Gasteiger partial charge in [0, 0.05) is 18.8 Å². The summed E-state index contributed by atoms with van der Waals surface area (Å²) in [7, 11) is 0. The van der Waals surface area contributed by atoms with Crippen LogP contribution >= 0.6 is 0 Å². The zero-order chi connectivity index (χ0) is 6.10. The van der Waals surface area contributed by atoms with Gasteiger partial charge in [-0.1, -0.05) is 18.2 Å². The lowest BCUT2D eigenvalue weighted by Gasteiger charge is -2.19. The Labute approximate surface area is 55.0 Å². The summed E-state index contributed by atoms with van der Waals surface area (Å²) in [5.41, 5.74) is 0. The van der Waals surface area contributed by atoms with E-state index in [1.54, 1.807) is 0 Å². The Kier molecular flexibility index (Phi) is 0.950. The third-order valence-corrected chi connectivity index (χ3v) is 1.50. The van der Waals surface area contributed by atoms with E-state index in [1.165, 1.54) is 0 Å². The third-order valence-electron chi connectivity index (χ3n) is 1.50. The molecular weight excluding hydrogens is 110 g/mol. The van der Waals surface area contributed by atoms with Gasteiger partial charge in [0.2, 0.25) is 0 Å². The van der Waals surface area contributed by atoms with E-state index in [0.29, 0.717) is 6.04 Å². The molecule has 2 aliphatic heterocycles. The van der Waals surface area contributed by atoms with Crippen molar-refractivity contribution in [3.05, 3.63) is 43.1 Å². The Hall–Kier alpha value is -0.980. The molecule has 0 aromatic heterocycles. The maximum Gasteiger partial charge on any atom is 0.0624 e. The molecule has 0 aromatic carbocycles. The first kappa shape index (κ1) is 4.86. The van der Waals surface area contributed by atoms with Crippen LogP contribution < -0.4 is 0 Å². The average molecular weight is 117 g/mol. The molecule has 1 atom stereocenters. The van der Waals surface area contributed by atoms with Gasteiger partial charge in [0.25, 0.3) is 0 Å². The Morgan fingerprint density at radius 2 is 2.22 bits per heavy atom. The van der Waals surface area contributed by atoms with Gasteiger partial charge in [-0.05, 0) is 6.08 Å². The number of hydrogen-bond donors (Lipinski definition) is 0. The summed E-state index contributed by atoms with van der Waals surface area (Å²) in [5, 5.41) is 0. The van der Waals surface area contributed by atoms with Gasteiger partial charge in [-0.3, -0.25) is 0 Å². The number of allylic oxidation sites excluding steroid dienone is 2. The van der Waals surface area contributed by atoms with Crippen LogP contribution in [0.4, 0.5) is 0 Å². The van der Waals surface area contributed by atoms with Crippen LogP contribution in [0.2, 0.25) is 0 Å². The quantitative estimate of drug-likeness (QED) is 0.463. The fourth-order valence-corrected chi connectivity index (χ4v) is 1.02. The number of nitrogens with zero attached hydrogens (tertiary/aromatic N) is 1. The molecule has 2 rings (SSSR count). The fraction of sp³-hybridized carbons (Fsp3) is 0.125. The second kappa shape index (κ2) is 1.76. The van der Waals surface area contributed by atoms with E-state index in [2.05, 4.69) is 17.4 Å². The van der Waals surface area contributed by atoms with Gasteiger partial charge in [-0.15, -0.1) is 0 Å². The Bertz CT molecular complexity index is 189. The molecule has 0 fully saturated rings. The summed E-state index contributed by atoms with van der Waals surface area (Å²) >= 11 is 0. The smallest absolute Gasteiger partial charge is 0.0624 e. The van der Waals surface area contributed by atoms with Crippen molar-refractivity contribution in [1.29, 1.82) is 0 Å².